The van der Waals surface area contributed by atoms with Crippen LogP contribution >= 0.6 is 11.3 Å². The van der Waals surface area contributed by atoms with Crippen molar-refractivity contribution in [1.82, 2.24) is 4.90 Å². The standard InChI is InChI=1S/C26H25N3O2S/c30-25-23(22-9-6-18-32-22)24(26(31)29(25)17-14-19-7-2-1-3-8-19)27-20-10-12-21(13-11-20)28-15-4-5-16-28/h1-3,6-13,18,27H,4-5,14-17H2. The summed E-state index contributed by atoms with van der Waals surface area (Å²) in [6, 6.07) is 21.8. The molecule has 0 aliphatic carbocycles. The van der Waals surface area contributed by atoms with Crippen LogP contribution in [0.2, 0.25) is 0 Å². The van der Waals surface area contributed by atoms with Crippen molar-refractivity contribution in [3.63, 3.8) is 0 Å². The number of hydrogen-bond acceptors (Lipinski definition) is 5. The highest BCUT2D eigenvalue weighted by atomic mass is 32.1. The summed E-state index contributed by atoms with van der Waals surface area (Å²) in [4.78, 5) is 31.1. The van der Waals surface area contributed by atoms with Gasteiger partial charge in [-0.1, -0.05) is 36.4 Å². The summed E-state index contributed by atoms with van der Waals surface area (Å²) in [5.74, 6) is -0.498. The molecular formula is C26H25N3O2S. The molecule has 162 valence electrons. The number of thiophene rings is 1. The first-order valence-corrected chi connectivity index (χ1v) is 11.9. The second-order valence-corrected chi connectivity index (χ2v) is 9.04. The number of carbonyl (C=O) groups is 2. The number of benzene rings is 2. The lowest BCUT2D eigenvalue weighted by Gasteiger charge is -2.18. The molecule has 2 amide bonds. The van der Waals surface area contributed by atoms with Gasteiger partial charge in [-0.3, -0.25) is 14.5 Å². The first-order chi connectivity index (χ1) is 15.7. The van der Waals surface area contributed by atoms with Gasteiger partial charge in [-0.25, -0.2) is 0 Å². The van der Waals surface area contributed by atoms with Gasteiger partial charge in [0.1, 0.15) is 5.70 Å². The van der Waals surface area contributed by atoms with Gasteiger partial charge in [-0.15, -0.1) is 11.3 Å². The normalized spacial score (nSPS) is 16.4. The Morgan fingerprint density at radius 3 is 2.28 bits per heavy atom. The van der Waals surface area contributed by atoms with E-state index in [2.05, 4.69) is 22.3 Å². The number of imide groups is 1. The van der Waals surface area contributed by atoms with Crippen LogP contribution in [0.15, 0.2) is 77.8 Å². The van der Waals surface area contributed by atoms with Crippen LogP contribution in [0.5, 0.6) is 0 Å². The molecule has 0 spiro atoms. The Balaban J connectivity index is 1.38. The van der Waals surface area contributed by atoms with Gasteiger partial charge >= 0.3 is 0 Å². The fourth-order valence-corrected chi connectivity index (χ4v) is 5.07. The Morgan fingerprint density at radius 1 is 0.844 bits per heavy atom. The molecule has 2 aliphatic heterocycles. The maximum absolute atomic E-state index is 13.3. The predicted molar refractivity (Wildman–Crippen MR) is 130 cm³/mol. The van der Waals surface area contributed by atoms with Crippen LogP contribution in [0.25, 0.3) is 5.57 Å². The molecule has 32 heavy (non-hydrogen) atoms. The molecule has 0 bridgehead atoms. The zero-order valence-electron chi connectivity index (χ0n) is 17.8. The first-order valence-electron chi connectivity index (χ1n) is 11.0. The molecule has 1 aromatic heterocycles. The maximum atomic E-state index is 13.3. The van der Waals surface area contributed by atoms with Crippen LogP contribution in [0, 0.1) is 0 Å². The molecule has 3 heterocycles. The number of hydrogen-bond donors (Lipinski definition) is 1. The largest absolute Gasteiger partial charge is 0.372 e. The second-order valence-electron chi connectivity index (χ2n) is 8.09. The van der Waals surface area contributed by atoms with Crippen LogP contribution in [0.3, 0.4) is 0 Å². The summed E-state index contributed by atoms with van der Waals surface area (Å²) in [5.41, 5.74) is 3.92. The van der Waals surface area contributed by atoms with E-state index in [-0.39, 0.29) is 11.8 Å². The fraction of sp³-hybridized carbons (Fsp3) is 0.231. The van der Waals surface area contributed by atoms with Crippen molar-refractivity contribution in [2.45, 2.75) is 19.3 Å². The van der Waals surface area contributed by atoms with Gasteiger partial charge in [0, 0.05) is 35.9 Å². The van der Waals surface area contributed by atoms with Gasteiger partial charge in [-0.05, 0) is 60.5 Å². The number of carbonyl (C=O) groups excluding carboxylic acids is 2. The van der Waals surface area contributed by atoms with Crippen molar-refractivity contribution in [1.29, 1.82) is 0 Å². The summed E-state index contributed by atoms with van der Waals surface area (Å²) in [7, 11) is 0. The van der Waals surface area contributed by atoms with E-state index in [4.69, 9.17) is 0 Å². The third kappa shape index (κ3) is 4.06. The molecular weight excluding hydrogens is 418 g/mol. The number of amides is 2. The fourth-order valence-electron chi connectivity index (χ4n) is 4.31. The SMILES string of the molecule is O=C1C(Nc2ccc(N3CCCC3)cc2)=C(c2cccs2)C(=O)N1CCc1ccccc1. The molecule has 2 aromatic carbocycles. The van der Waals surface area contributed by atoms with Crippen LogP contribution < -0.4 is 10.2 Å². The molecule has 1 fully saturated rings. The molecule has 1 N–H and O–H groups in total. The number of rotatable bonds is 7. The smallest absolute Gasteiger partial charge is 0.278 e. The molecule has 0 saturated carbocycles. The summed E-state index contributed by atoms with van der Waals surface area (Å²) in [5, 5.41) is 5.19. The Hall–Kier alpha value is -3.38. The number of nitrogens with zero attached hydrogens (tertiary/aromatic N) is 2. The third-order valence-electron chi connectivity index (χ3n) is 6.01. The van der Waals surface area contributed by atoms with Crippen LogP contribution in [-0.4, -0.2) is 36.3 Å². The Bertz CT molecular complexity index is 1130. The summed E-state index contributed by atoms with van der Waals surface area (Å²) in [6.07, 6.45) is 3.09. The minimum atomic E-state index is -0.266. The minimum Gasteiger partial charge on any atom is -0.372 e. The van der Waals surface area contributed by atoms with Crippen molar-refractivity contribution < 1.29 is 9.59 Å². The van der Waals surface area contributed by atoms with E-state index in [9.17, 15) is 9.59 Å². The van der Waals surface area contributed by atoms with E-state index < -0.39 is 0 Å². The zero-order chi connectivity index (χ0) is 21.9. The lowest BCUT2D eigenvalue weighted by Crippen LogP contribution is -2.34. The van der Waals surface area contributed by atoms with Crippen LogP contribution in [0.1, 0.15) is 23.3 Å². The average molecular weight is 444 g/mol. The highest BCUT2D eigenvalue weighted by molar-refractivity contribution is 7.11. The molecule has 5 rings (SSSR count). The number of anilines is 2. The average Bonchev–Trinajstić information content (AvgIpc) is 3.58. The quantitative estimate of drug-likeness (QED) is 0.534. The monoisotopic (exact) mass is 443 g/mol. The van der Waals surface area contributed by atoms with Gasteiger partial charge in [0.2, 0.25) is 0 Å². The van der Waals surface area contributed by atoms with E-state index in [0.29, 0.717) is 24.2 Å². The van der Waals surface area contributed by atoms with E-state index in [0.717, 1.165) is 29.2 Å². The first kappa shape index (κ1) is 20.5. The topological polar surface area (TPSA) is 52.7 Å². The molecule has 2 aliphatic rings. The lowest BCUT2D eigenvalue weighted by atomic mass is 10.1. The van der Waals surface area contributed by atoms with Crippen molar-refractivity contribution in [3.8, 4) is 0 Å². The molecule has 6 heteroatoms. The van der Waals surface area contributed by atoms with E-state index in [1.54, 1.807) is 0 Å². The highest BCUT2D eigenvalue weighted by Gasteiger charge is 2.39. The van der Waals surface area contributed by atoms with Gasteiger partial charge in [0.05, 0.1) is 5.57 Å². The van der Waals surface area contributed by atoms with E-state index in [1.165, 1.54) is 34.8 Å². The Kier molecular flexibility index (Phi) is 5.77. The summed E-state index contributed by atoms with van der Waals surface area (Å²) < 4.78 is 0. The van der Waals surface area contributed by atoms with Crippen molar-refractivity contribution >= 4 is 40.1 Å². The maximum Gasteiger partial charge on any atom is 0.278 e. The predicted octanol–water partition coefficient (Wildman–Crippen LogP) is 4.78. The summed E-state index contributed by atoms with van der Waals surface area (Å²) in [6.45, 7) is 2.53. The molecule has 1 saturated heterocycles. The van der Waals surface area contributed by atoms with Crippen molar-refractivity contribution in [2.75, 3.05) is 29.9 Å². The number of nitrogens with one attached hydrogen (secondary N) is 1. The summed E-state index contributed by atoms with van der Waals surface area (Å²) >= 11 is 1.47. The van der Waals surface area contributed by atoms with Gasteiger partial charge < -0.3 is 10.2 Å². The minimum absolute atomic E-state index is 0.232. The van der Waals surface area contributed by atoms with E-state index >= 15 is 0 Å². The highest BCUT2D eigenvalue weighted by Crippen LogP contribution is 2.33. The van der Waals surface area contributed by atoms with Crippen molar-refractivity contribution in [2.24, 2.45) is 0 Å². The van der Waals surface area contributed by atoms with Gasteiger partial charge in [0.25, 0.3) is 11.8 Å². The van der Waals surface area contributed by atoms with Gasteiger partial charge in [-0.2, -0.15) is 0 Å². The van der Waals surface area contributed by atoms with Gasteiger partial charge in [0.15, 0.2) is 0 Å². The third-order valence-corrected chi connectivity index (χ3v) is 6.90. The molecule has 5 nitrogen and oxygen atoms in total. The second kappa shape index (κ2) is 9.01. The molecule has 0 unspecified atom stereocenters. The van der Waals surface area contributed by atoms with Crippen LogP contribution in [0.4, 0.5) is 11.4 Å². The zero-order valence-corrected chi connectivity index (χ0v) is 18.6. The molecule has 0 atom stereocenters. The van der Waals surface area contributed by atoms with Crippen LogP contribution in [-0.2, 0) is 16.0 Å². The Morgan fingerprint density at radius 2 is 1.59 bits per heavy atom. The molecule has 3 aromatic rings. The van der Waals surface area contributed by atoms with E-state index in [1.807, 2.05) is 60.0 Å². The lowest BCUT2D eigenvalue weighted by molar-refractivity contribution is -0.136. The Labute approximate surface area is 192 Å². The molecule has 0 radical (unpaired) electrons. The van der Waals surface area contributed by atoms with Crippen molar-refractivity contribution in [3.05, 3.63) is 88.2 Å².